The first kappa shape index (κ1) is 24.0. The molecule has 1 aliphatic heterocycles. The summed E-state index contributed by atoms with van der Waals surface area (Å²) in [5.74, 6) is -4.08. The van der Waals surface area contributed by atoms with Crippen LogP contribution in [0.5, 0.6) is 0 Å². The second kappa shape index (κ2) is 8.90. The Morgan fingerprint density at radius 3 is 2.26 bits per heavy atom. The molecule has 1 aliphatic rings. The molecule has 4 atom stereocenters. The first-order chi connectivity index (χ1) is 16.0. The number of rotatable bonds is 6. The minimum atomic E-state index is -3.95. The highest BCUT2D eigenvalue weighted by Gasteiger charge is 2.71. The van der Waals surface area contributed by atoms with Crippen LogP contribution in [-0.4, -0.2) is 43.5 Å². The topological polar surface area (TPSA) is 111 Å². The van der Waals surface area contributed by atoms with Gasteiger partial charge in [-0.15, -0.1) is 0 Å². The molecule has 1 unspecified atom stereocenters. The lowest BCUT2D eigenvalue weighted by atomic mass is 9.80. The highest BCUT2D eigenvalue weighted by atomic mass is 19.3. The van der Waals surface area contributed by atoms with E-state index in [1.54, 1.807) is 43.3 Å². The van der Waals surface area contributed by atoms with E-state index < -0.39 is 42.1 Å². The van der Waals surface area contributed by atoms with E-state index in [9.17, 15) is 15.0 Å². The first-order valence-electron chi connectivity index (χ1n) is 10.9. The van der Waals surface area contributed by atoms with Crippen molar-refractivity contribution < 1.29 is 23.7 Å². The molecule has 0 radical (unpaired) electrons. The van der Waals surface area contributed by atoms with Crippen molar-refractivity contribution >= 4 is 5.82 Å². The zero-order chi connectivity index (χ0) is 24.7. The van der Waals surface area contributed by atoms with E-state index in [0.29, 0.717) is 15.7 Å². The molecule has 1 aromatic heterocycles. The number of aliphatic hydroxyl groups excluding tert-OH is 1. The molecule has 3 aromatic rings. The number of anilines is 1. The zero-order valence-corrected chi connectivity index (χ0v) is 18.9. The quantitative estimate of drug-likeness (QED) is 0.510. The van der Waals surface area contributed by atoms with E-state index in [0.717, 1.165) is 17.3 Å². The molecular formula is C25H27F2N3O4. The van der Waals surface area contributed by atoms with Crippen molar-refractivity contribution in [2.75, 3.05) is 5.73 Å². The lowest BCUT2D eigenvalue weighted by Crippen LogP contribution is -2.58. The normalized spacial score (nSPS) is 24.8. The summed E-state index contributed by atoms with van der Waals surface area (Å²) in [4.78, 5) is 15.9. The van der Waals surface area contributed by atoms with Gasteiger partial charge in [-0.3, -0.25) is 4.57 Å². The molecule has 2 aromatic carbocycles. The summed E-state index contributed by atoms with van der Waals surface area (Å²) in [5, 5.41) is 22.6. The van der Waals surface area contributed by atoms with Crippen molar-refractivity contribution in [1.29, 1.82) is 0 Å². The molecule has 4 N–H and O–H groups in total. The molecule has 1 fully saturated rings. The van der Waals surface area contributed by atoms with Crippen LogP contribution in [0.3, 0.4) is 0 Å². The Balaban J connectivity index is 1.78. The fraction of sp³-hybridized carbons (Fsp3) is 0.360. The SMILES string of the molecule is Cc1ccccc1CC(O)[C@H]1O[C@@H](n2ccc(N)nc2=O)C(F)(F)[C@@]1(O)Cc1ccccc1C. The van der Waals surface area contributed by atoms with Gasteiger partial charge in [-0.05, 0) is 42.2 Å². The second-order valence-electron chi connectivity index (χ2n) is 8.80. The fourth-order valence-electron chi connectivity index (χ4n) is 4.48. The fourth-order valence-corrected chi connectivity index (χ4v) is 4.48. The average molecular weight is 472 g/mol. The van der Waals surface area contributed by atoms with Gasteiger partial charge in [0.15, 0.2) is 5.60 Å². The molecule has 0 spiro atoms. The van der Waals surface area contributed by atoms with Crippen molar-refractivity contribution in [3.8, 4) is 0 Å². The van der Waals surface area contributed by atoms with Crippen LogP contribution < -0.4 is 11.4 Å². The summed E-state index contributed by atoms with van der Waals surface area (Å²) in [7, 11) is 0. The Morgan fingerprint density at radius 2 is 1.68 bits per heavy atom. The third-order valence-electron chi connectivity index (χ3n) is 6.50. The smallest absolute Gasteiger partial charge is 0.351 e. The summed E-state index contributed by atoms with van der Waals surface area (Å²) >= 11 is 0. The monoisotopic (exact) mass is 471 g/mol. The maximum atomic E-state index is 16.0. The summed E-state index contributed by atoms with van der Waals surface area (Å²) in [6.45, 7) is 3.59. The van der Waals surface area contributed by atoms with Crippen LogP contribution in [0.25, 0.3) is 0 Å². The predicted molar refractivity (Wildman–Crippen MR) is 122 cm³/mol. The lowest BCUT2D eigenvalue weighted by Gasteiger charge is -2.35. The van der Waals surface area contributed by atoms with Crippen LogP contribution in [-0.2, 0) is 17.6 Å². The molecule has 0 saturated carbocycles. The number of hydrogen-bond acceptors (Lipinski definition) is 6. The van der Waals surface area contributed by atoms with E-state index in [1.807, 2.05) is 19.1 Å². The number of alkyl halides is 2. The van der Waals surface area contributed by atoms with Gasteiger partial charge in [0.1, 0.15) is 11.9 Å². The molecular weight excluding hydrogens is 444 g/mol. The number of nitrogens with two attached hydrogens (primary N) is 1. The summed E-state index contributed by atoms with van der Waals surface area (Å²) in [6, 6.07) is 15.3. The van der Waals surface area contributed by atoms with E-state index in [2.05, 4.69) is 4.98 Å². The number of nitrogen functional groups attached to an aromatic ring is 1. The third-order valence-corrected chi connectivity index (χ3v) is 6.50. The van der Waals surface area contributed by atoms with Gasteiger partial charge in [0, 0.05) is 19.0 Å². The molecule has 9 heteroatoms. The molecule has 0 aliphatic carbocycles. The van der Waals surface area contributed by atoms with Gasteiger partial charge < -0.3 is 20.7 Å². The second-order valence-corrected chi connectivity index (χ2v) is 8.80. The van der Waals surface area contributed by atoms with Crippen LogP contribution in [0.2, 0.25) is 0 Å². The highest BCUT2D eigenvalue weighted by molar-refractivity contribution is 5.31. The highest BCUT2D eigenvalue weighted by Crippen LogP contribution is 2.52. The molecule has 180 valence electrons. The number of aromatic nitrogens is 2. The van der Waals surface area contributed by atoms with Crippen LogP contribution in [0.1, 0.15) is 28.5 Å². The van der Waals surface area contributed by atoms with Crippen molar-refractivity contribution in [3.63, 3.8) is 0 Å². The van der Waals surface area contributed by atoms with Gasteiger partial charge in [-0.25, -0.2) is 4.79 Å². The van der Waals surface area contributed by atoms with Crippen molar-refractivity contribution in [2.45, 2.75) is 56.6 Å². The number of hydrogen-bond donors (Lipinski definition) is 3. The van der Waals surface area contributed by atoms with Crippen LogP contribution >= 0.6 is 0 Å². The van der Waals surface area contributed by atoms with Crippen molar-refractivity contribution in [1.82, 2.24) is 9.55 Å². The summed E-state index contributed by atoms with van der Waals surface area (Å²) < 4.78 is 38.1. The van der Waals surface area contributed by atoms with E-state index in [4.69, 9.17) is 10.5 Å². The number of benzene rings is 2. The van der Waals surface area contributed by atoms with Crippen LogP contribution in [0.4, 0.5) is 14.6 Å². The molecule has 4 rings (SSSR count). The number of nitrogens with zero attached hydrogens (tertiary/aromatic N) is 2. The van der Waals surface area contributed by atoms with Crippen molar-refractivity contribution in [3.05, 3.63) is 93.5 Å². The maximum absolute atomic E-state index is 16.0. The molecule has 34 heavy (non-hydrogen) atoms. The van der Waals surface area contributed by atoms with Crippen LogP contribution in [0, 0.1) is 13.8 Å². The van der Waals surface area contributed by atoms with E-state index in [-0.39, 0.29) is 12.2 Å². The average Bonchev–Trinajstić information content (AvgIpc) is 2.97. The largest absolute Gasteiger partial charge is 0.390 e. The number of aryl methyl sites for hydroxylation is 2. The predicted octanol–water partition coefficient (Wildman–Crippen LogP) is 2.55. The molecule has 2 heterocycles. The molecule has 1 saturated heterocycles. The van der Waals surface area contributed by atoms with Gasteiger partial charge in [0.2, 0.25) is 6.23 Å². The minimum Gasteiger partial charge on any atom is -0.390 e. The Morgan fingerprint density at radius 1 is 1.09 bits per heavy atom. The Labute approximate surface area is 195 Å². The molecule has 0 amide bonds. The molecule has 0 bridgehead atoms. The number of halogens is 2. The van der Waals surface area contributed by atoms with Gasteiger partial charge in [-0.1, -0.05) is 48.5 Å². The first-order valence-corrected chi connectivity index (χ1v) is 10.9. The number of aliphatic hydroxyl groups is 2. The zero-order valence-electron chi connectivity index (χ0n) is 18.9. The minimum absolute atomic E-state index is 0.0227. The van der Waals surface area contributed by atoms with Gasteiger partial charge >= 0.3 is 11.6 Å². The lowest BCUT2D eigenvalue weighted by molar-refractivity contribution is -0.189. The molecule has 7 nitrogen and oxygen atoms in total. The van der Waals surface area contributed by atoms with Crippen LogP contribution in [0.15, 0.2) is 65.6 Å². The summed E-state index contributed by atoms with van der Waals surface area (Å²) in [6.07, 6.45) is -4.83. The Kier molecular flexibility index (Phi) is 6.28. The van der Waals surface area contributed by atoms with E-state index >= 15 is 8.78 Å². The van der Waals surface area contributed by atoms with Gasteiger partial charge in [0.05, 0.1) is 6.10 Å². The van der Waals surface area contributed by atoms with Gasteiger partial charge in [0.25, 0.3) is 0 Å². The number of ether oxygens (including phenoxy) is 1. The van der Waals surface area contributed by atoms with Crippen molar-refractivity contribution in [2.24, 2.45) is 0 Å². The Bertz CT molecular complexity index is 1250. The third kappa shape index (κ3) is 4.11. The standard InChI is InChI=1S/C25H27F2N3O4/c1-15-7-3-5-9-17(15)13-19(31)21-24(33,14-18-10-6-4-8-16(18)2)25(26,27)22(34-21)30-12-11-20(28)29-23(30)32/h3-12,19,21-22,31,33H,13-14H2,1-2H3,(H2,28,29,32)/t19?,21-,22-,24-/m1/s1. The maximum Gasteiger partial charge on any atom is 0.351 e. The van der Waals surface area contributed by atoms with Gasteiger partial charge in [-0.2, -0.15) is 13.8 Å². The summed E-state index contributed by atoms with van der Waals surface area (Å²) in [5.41, 5.74) is 4.42. The van der Waals surface area contributed by atoms with E-state index in [1.165, 1.54) is 6.07 Å². The Hall–Kier alpha value is -3.14.